The molecule has 17 nitrogen and oxygen atoms in total. The Labute approximate surface area is 258 Å². The maximum Gasteiger partial charge on any atom is 0.312 e. The van der Waals surface area contributed by atoms with Crippen molar-refractivity contribution in [3.8, 4) is 0 Å². The number of likely N-dealkylation sites (N-methyl/N-ethyl adjacent to an activating group) is 1. The van der Waals surface area contributed by atoms with E-state index in [0.717, 1.165) is 0 Å². The highest BCUT2D eigenvalue weighted by molar-refractivity contribution is 5.96. The zero-order valence-electron chi connectivity index (χ0n) is 26.2. The Morgan fingerprint density at radius 1 is 0.841 bits per heavy atom. The third-order valence-electron chi connectivity index (χ3n) is 7.20. The monoisotopic (exact) mass is 625 g/mol. The Kier molecular flexibility index (Phi) is 16.5. The van der Waals surface area contributed by atoms with Crippen LogP contribution < -0.4 is 49.1 Å². The van der Waals surface area contributed by atoms with Gasteiger partial charge in [0, 0.05) is 19.6 Å². The molecule has 0 unspecified atom stereocenters. The van der Waals surface area contributed by atoms with Gasteiger partial charge in [0.15, 0.2) is 5.96 Å². The van der Waals surface area contributed by atoms with E-state index in [9.17, 15) is 28.8 Å². The molecule has 0 bridgehead atoms. The molecular formula is C27H51N11O6. The highest BCUT2D eigenvalue weighted by atomic mass is 16.2. The summed E-state index contributed by atoms with van der Waals surface area (Å²) >= 11 is 0. The van der Waals surface area contributed by atoms with E-state index in [1.54, 1.807) is 7.05 Å². The fraction of sp³-hybridized carbons (Fsp3) is 0.741. The summed E-state index contributed by atoms with van der Waals surface area (Å²) in [6.45, 7) is 6.08. The number of nitrogens with two attached hydrogens (primary N) is 3. The number of likely N-dealkylation sites (tertiary alicyclic amines) is 1. The number of amides is 7. The highest BCUT2D eigenvalue weighted by Crippen LogP contribution is 2.20. The van der Waals surface area contributed by atoms with Crippen LogP contribution in [0.2, 0.25) is 0 Å². The predicted octanol–water partition coefficient (Wildman–Crippen LogP) is -2.72. The van der Waals surface area contributed by atoms with E-state index in [2.05, 4.69) is 31.9 Å². The SMILES string of the molecule is CN[C@H](CCCNC(N)=O)C(=O)N[C@@H](CC(C)C)C(=O)N[C@@H](CCCNC(=N)N)C(=O)N1CCC[C@@H]1C(=O)N[C@H](C)C(N)=O. The lowest BCUT2D eigenvalue weighted by atomic mass is 10.0. The van der Waals surface area contributed by atoms with Crippen molar-refractivity contribution >= 4 is 41.5 Å². The van der Waals surface area contributed by atoms with Crippen LogP contribution in [-0.2, 0) is 24.0 Å². The third-order valence-corrected chi connectivity index (χ3v) is 7.20. The summed E-state index contributed by atoms with van der Waals surface area (Å²) in [5, 5.41) is 23.5. The van der Waals surface area contributed by atoms with E-state index in [0.29, 0.717) is 38.5 Å². The number of nitrogens with zero attached hydrogens (tertiary/aromatic N) is 1. The average Bonchev–Trinajstić information content (AvgIpc) is 3.43. The smallest absolute Gasteiger partial charge is 0.312 e. The normalized spacial score (nSPS) is 17.1. The van der Waals surface area contributed by atoms with Crippen molar-refractivity contribution < 1.29 is 28.8 Å². The lowest BCUT2D eigenvalue weighted by Crippen LogP contribution is -2.58. The molecule has 5 atom stereocenters. The van der Waals surface area contributed by atoms with Gasteiger partial charge in [0.25, 0.3) is 0 Å². The summed E-state index contributed by atoms with van der Waals surface area (Å²) in [5.41, 5.74) is 15.7. The van der Waals surface area contributed by atoms with Gasteiger partial charge in [0.1, 0.15) is 24.2 Å². The first-order valence-corrected chi connectivity index (χ1v) is 15.0. The Morgan fingerprint density at radius 3 is 1.95 bits per heavy atom. The predicted molar refractivity (Wildman–Crippen MR) is 164 cm³/mol. The van der Waals surface area contributed by atoms with Crippen molar-refractivity contribution in [3.05, 3.63) is 0 Å². The second-order valence-corrected chi connectivity index (χ2v) is 11.3. The molecule has 0 aliphatic carbocycles. The first kappa shape index (κ1) is 37.9. The Balaban J connectivity index is 3.09. The quantitative estimate of drug-likeness (QED) is 0.0405. The van der Waals surface area contributed by atoms with Crippen LogP contribution in [0.1, 0.15) is 65.7 Å². The second kappa shape index (κ2) is 19.2. The summed E-state index contributed by atoms with van der Waals surface area (Å²) < 4.78 is 0. The average molecular weight is 626 g/mol. The summed E-state index contributed by atoms with van der Waals surface area (Å²) in [5.74, 6) is -2.89. The van der Waals surface area contributed by atoms with Crippen molar-refractivity contribution in [1.82, 2.24) is 36.8 Å². The van der Waals surface area contributed by atoms with E-state index in [1.165, 1.54) is 11.8 Å². The Morgan fingerprint density at radius 2 is 1.41 bits per heavy atom. The molecule has 44 heavy (non-hydrogen) atoms. The van der Waals surface area contributed by atoms with E-state index in [4.69, 9.17) is 22.6 Å². The van der Waals surface area contributed by atoms with Crippen molar-refractivity contribution in [2.24, 2.45) is 23.1 Å². The molecule has 0 radical (unpaired) electrons. The number of nitrogens with one attached hydrogen (secondary N) is 7. The topological polar surface area (TPSA) is 280 Å². The van der Waals surface area contributed by atoms with Crippen LogP contribution in [-0.4, -0.2) is 103 Å². The lowest BCUT2D eigenvalue weighted by Gasteiger charge is -2.31. The number of carbonyl (C=O) groups excluding carboxylic acids is 6. The lowest BCUT2D eigenvalue weighted by molar-refractivity contribution is -0.142. The van der Waals surface area contributed by atoms with Gasteiger partial charge in [-0.3, -0.25) is 29.4 Å². The second-order valence-electron chi connectivity index (χ2n) is 11.3. The standard InChI is InChI=1S/C27H51N11O6/c1-15(2)14-19(37-22(40)17(32-4)8-5-12-34-27(31)44)23(41)36-18(9-6-11-33-26(29)30)25(43)38-13-7-10-20(38)24(42)35-16(3)21(28)39/h15-20,32H,5-14H2,1-4H3,(H2,28,39)(H,35,42)(H,36,41)(H,37,40)(H4,29,30,33)(H3,31,34,44)/t16-,17-,18+,19+,20-/m1/s1. The number of hydrogen-bond acceptors (Lipinski definition) is 8. The van der Waals surface area contributed by atoms with Gasteiger partial charge < -0.3 is 54.0 Å². The zero-order valence-corrected chi connectivity index (χ0v) is 26.2. The molecule has 7 amide bonds. The fourth-order valence-corrected chi connectivity index (χ4v) is 4.84. The molecule has 13 N–H and O–H groups in total. The number of rotatable bonds is 19. The van der Waals surface area contributed by atoms with Crippen LogP contribution in [0.15, 0.2) is 0 Å². The largest absolute Gasteiger partial charge is 0.370 e. The molecule has 17 heteroatoms. The van der Waals surface area contributed by atoms with Gasteiger partial charge in [-0.05, 0) is 64.8 Å². The van der Waals surface area contributed by atoms with E-state index >= 15 is 0 Å². The molecule has 0 aromatic heterocycles. The molecular weight excluding hydrogens is 574 g/mol. The van der Waals surface area contributed by atoms with Gasteiger partial charge in [-0.15, -0.1) is 0 Å². The molecule has 0 aromatic carbocycles. The van der Waals surface area contributed by atoms with Gasteiger partial charge in [-0.2, -0.15) is 0 Å². The summed E-state index contributed by atoms with van der Waals surface area (Å²) in [7, 11) is 1.61. The molecule has 1 aliphatic rings. The zero-order chi connectivity index (χ0) is 33.4. The van der Waals surface area contributed by atoms with Crippen LogP contribution in [0.25, 0.3) is 0 Å². The molecule has 1 rings (SSSR count). The molecule has 1 saturated heterocycles. The summed E-state index contributed by atoms with van der Waals surface area (Å²) in [6, 6.07) is -5.06. The van der Waals surface area contributed by atoms with Gasteiger partial charge in [0.2, 0.25) is 29.5 Å². The summed E-state index contributed by atoms with van der Waals surface area (Å²) in [4.78, 5) is 77.1. The molecule has 1 aliphatic heterocycles. The Bertz CT molecular complexity index is 1020. The molecule has 1 heterocycles. The maximum atomic E-state index is 13.8. The van der Waals surface area contributed by atoms with Gasteiger partial charge in [0.05, 0.1) is 6.04 Å². The van der Waals surface area contributed by atoms with Gasteiger partial charge in [-0.25, -0.2) is 4.79 Å². The first-order valence-electron chi connectivity index (χ1n) is 15.0. The van der Waals surface area contributed by atoms with E-state index in [1.807, 2.05) is 13.8 Å². The number of primary amides is 2. The minimum atomic E-state index is -1.04. The minimum Gasteiger partial charge on any atom is -0.370 e. The molecule has 250 valence electrons. The van der Waals surface area contributed by atoms with E-state index < -0.39 is 65.8 Å². The van der Waals surface area contributed by atoms with Crippen LogP contribution in [0.4, 0.5) is 4.79 Å². The molecule has 1 fully saturated rings. The number of hydrogen-bond donors (Lipinski definition) is 10. The van der Waals surface area contributed by atoms with Crippen molar-refractivity contribution in [3.63, 3.8) is 0 Å². The minimum absolute atomic E-state index is 0.0201. The molecule has 0 spiro atoms. The summed E-state index contributed by atoms with van der Waals surface area (Å²) in [6.07, 6.45) is 2.59. The van der Waals surface area contributed by atoms with Gasteiger partial charge >= 0.3 is 6.03 Å². The van der Waals surface area contributed by atoms with Crippen molar-refractivity contribution in [1.29, 1.82) is 5.41 Å². The number of urea groups is 1. The maximum absolute atomic E-state index is 13.8. The van der Waals surface area contributed by atoms with Crippen LogP contribution in [0, 0.1) is 11.3 Å². The van der Waals surface area contributed by atoms with Crippen LogP contribution >= 0.6 is 0 Å². The van der Waals surface area contributed by atoms with Gasteiger partial charge in [-0.1, -0.05) is 13.8 Å². The fourth-order valence-electron chi connectivity index (χ4n) is 4.84. The Hall–Kier alpha value is -4.15. The number of guanidine groups is 1. The van der Waals surface area contributed by atoms with Crippen LogP contribution in [0.5, 0.6) is 0 Å². The number of carbonyl (C=O) groups is 6. The molecule has 0 saturated carbocycles. The highest BCUT2D eigenvalue weighted by Gasteiger charge is 2.39. The molecule has 0 aromatic rings. The third kappa shape index (κ3) is 13.4. The van der Waals surface area contributed by atoms with Crippen molar-refractivity contribution in [2.45, 2.75) is 95.9 Å². The first-order chi connectivity index (χ1) is 20.7. The van der Waals surface area contributed by atoms with Crippen LogP contribution in [0.3, 0.4) is 0 Å². The van der Waals surface area contributed by atoms with Crippen molar-refractivity contribution in [2.75, 3.05) is 26.7 Å². The van der Waals surface area contributed by atoms with E-state index in [-0.39, 0.29) is 37.9 Å².